The van der Waals surface area contributed by atoms with Crippen LogP contribution in [0.1, 0.15) is 78.5 Å². The maximum atomic E-state index is 12.5. The molecule has 0 bridgehead atoms. The first-order valence-corrected chi connectivity index (χ1v) is 12.6. The molecule has 4 rings (SSSR count). The molecule has 6 nitrogen and oxygen atoms in total. The lowest BCUT2D eigenvalue weighted by atomic mass is 9.99. The highest BCUT2D eigenvalue weighted by molar-refractivity contribution is 6.00. The summed E-state index contributed by atoms with van der Waals surface area (Å²) in [7, 11) is 0. The van der Waals surface area contributed by atoms with Gasteiger partial charge in [-0.1, -0.05) is 59.1 Å². The third kappa shape index (κ3) is 4.61. The van der Waals surface area contributed by atoms with E-state index in [4.69, 9.17) is 14.7 Å². The summed E-state index contributed by atoms with van der Waals surface area (Å²) in [6, 6.07) is 8.15. The van der Waals surface area contributed by atoms with Crippen molar-refractivity contribution in [2.24, 2.45) is 5.92 Å². The van der Waals surface area contributed by atoms with E-state index < -0.39 is 0 Å². The van der Waals surface area contributed by atoms with Crippen LogP contribution in [0.2, 0.25) is 0 Å². The number of fused-ring (bicyclic) bond motifs is 5. The van der Waals surface area contributed by atoms with Crippen molar-refractivity contribution in [1.82, 2.24) is 18.9 Å². The van der Waals surface area contributed by atoms with E-state index in [1.54, 1.807) is 0 Å². The largest absolute Gasteiger partial charge is 0.424 e. The average Bonchev–Trinajstić information content (AvgIpc) is 3.35. The third-order valence-corrected chi connectivity index (χ3v) is 6.44. The van der Waals surface area contributed by atoms with Crippen LogP contribution in [0.5, 0.6) is 5.75 Å². The molecular weight excluding hydrogens is 412 g/mol. The minimum atomic E-state index is -0.207. The molecule has 0 aliphatic carbocycles. The number of carbonyl (C=O) groups excluding carboxylic acids is 1. The summed E-state index contributed by atoms with van der Waals surface area (Å²) in [4.78, 5) is 22.6. The van der Waals surface area contributed by atoms with Gasteiger partial charge in [0.1, 0.15) is 16.9 Å². The third-order valence-electron chi connectivity index (χ3n) is 6.44. The second-order valence-electron chi connectivity index (χ2n) is 9.02. The fourth-order valence-corrected chi connectivity index (χ4v) is 4.66. The van der Waals surface area contributed by atoms with Gasteiger partial charge < -0.3 is 9.30 Å². The molecule has 3 heterocycles. The van der Waals surface area contributed by atoms with Crippen molar-refractivity contribution in [3.63, 3.8) is 0 Å². The number of nitrogens with zero attached hydrogens (tertiary/aromatic N) is 4. The molecule has 1 unspecified atom stereocenters. The van der Waals surface area contributed by atoms with E-state index in [9.17, 15) is 4.79 Å². The van der Waals surface area contributed by atoms with Gasteiger partial charge in [0.15, 0.2) is 11.4 Å². The zero-order valence-corrected chi connectivity index (χ0v) is 20.4. The molecule has 0 aliphatic heterocycles. The zero-order valence-electron chi connectivity index (χ0n) is 20.4. The number of carbonyl (C=O) groups is 1. The number of aryl methyl sites for hydroxylation is 1. The lowest BCUT2D eigenvalue weighted by molar-refractivity contribution is -0.134. The second kappa shape index (κ2) is 10.4. The summed E-state index contributed by atoms with van der Waals surface area (Å²) < 4.78 is 10.2. The van der Waals surface area contributed by atoms with E-state index in [1.165, 1.54) is 19.3 Å². The number of ether oxygens (including phenoxy) is 1. The Bertz CT molecular complexity index is 1250. The van der Waals surface area contributed by atoms with Crippen molar-refractivity contribution >= 4 is 33.7 Å². The highest BCUT2D eigenvalue weighted by Crippen LogP contribution is 2.35. The summed E-state index contributed by atoms with van der Waals surface area (Å²) in [5.41, 5.74) is 3.66. The summed E-state index contributed by atoms with van der Waals surface area (Å²) in [5, 5.41) is 0.834. The molecule has 1 atom stereocenters. The molecule has 0 fully saturated rings. The van der Waals surface area contributed by atoms with Crippen molar-refractivity contribution in [1.29, 1.82) is 0 Å². The second-order valence-corrected chi connectivity index (χ2v) is 9.02. The van der Waals surface area contributed by atoms with E-state index in [-0.39, 0.29) is 5.97 Å². The minimum absolute atomic E-state index is 0.207. The number of esters is 1. The van der Waals surface area contributed by atoms with Crippen LogP contribution in [0, 0.1) is 5.92 Å². The van der Waals surface area contributed by atoms with Gasteiger partial charge in [0.25, 0.3) is 0 Å². The van der Waals surface area contributed by atoms with Gasteiger partial charge in [-0.15, -0.1) is 0 Å². The Morgan fingerprint density at radius 2 is 1.85 bits per heavy atom. The van der Waals surface area contributed by atoms with Gasteiger partial charge in [0, 0.05) is 25.6 Å². The smallest absolute Gasteiger partial charge is 0.311 e. The number of imidazole rings is 1. The minimum Gasteiger partial charge on any atom is -0.424 e. The molecule has 0 N–H and O–H groups in total. The summed E-state index contributed by atoms with van der Waals surface area (Å²) in [6.45, 7) is 9.52. The van der Waals surface area contributed by atoms with Crippen LogP contribution in [-0.2, 0) is 17.8 Å². The number of hydrogen-bond donors (Lipinski definition) is 0. The topological polar surface area (TPSA) is 61.4 Å². The van der Waals surface area contributed by atoms with E-state index in [0.717, 1.165) is 65.8 Å². The Kier molecular flexibility index (Phi) is 7.31. The van der Waals surface area contributed by atoms with Gasteiger partial charge in [-0.05, 0) is 37.3 Å². The Hall–Kier alpha value is -2.89. The van der Waals surface area contributed by atoms with Gasteiger partial charge in [0.05, 0.1) is 11.0 Å². The summed E-state index contributed by atoms with van der Waals surface area (Å²) in [5.74, 6) is 1.93. The Morgan fingerprint density at radius 1 is 1.03 bits per heavy atom. The van der Waals surface area contributed by atoms with Crippen molar-refractivity contribution in [3.8, 4) is 5.75 Å². The van der Waals surface area contributed by atoms with Gasteiger partial charge in [-0.2, -0.15) is 0 Å². The van der Waals surface area contributed by atoms with Crippen LogP contribution in [-0.4, -0.2) is 24.9 Å². The van der Waals surface area contributed by atoms with E-state index in [0.29, 0.717) is 18.1 Å². The molecule has 33 heavy (non-hydrogen) atoms. The number of hydrogen-bond acceptors (Lipinski definition) is 4. The first kappa shape index (κ1) is 23.3. The molecule has 1 aromatic carbocycles. The quantitative estimate of drug-likeness (QED) is 0.239. The molecule has 6 heteroatoms. The molecule has 176 valence electrons. The van der Waals surface area contributed by atoms with Gasteiger partial charge in [-0.3, -0.25) is 9.20 Å². The van der Waals surface area contributed by atoms with Crippen LogP contribution < -0.4 is 4.74 Å². The molecule has 0 radical (unpaired) electrons. The molecule has 0 amide bonds. The van der Waals surface area contributed by atoms with E-state index >= 15 is 0 Å². The van der Waals surface area contributed by atoms with Crippen molar-refractivity contribution < 1.29 is 9.53 Å². The Morgan fingerprint density at radius 3 is 2.58 bits per heavy atom. The van der Waals surface area contributed by atoms with Crippen molar-refractivity contribution in [3.05, 3.63) is 36.3 Å². The Labute approximate surface area is 196 Å². The van der Waals surface area contributed by atoms with Crippen LogP contribution in [0.15, 0.2) is 30.5 Å². The fraction of sp³-hybridized carbons (Fsp3) is 0.519. The highest BCUT2D eigenvalue weighted by atomic mass is 16.5. The first-order chi connectivity index (χ1) is 16.1. The molecule has 3 aromatic heterocycles. The van der Waals surface area contributed by atoms with Gasteiger partial charge in [0.2, 0.25) is 0 Å². The maximum Gasteiger partial charge on any atom is 0.311 e. The number of para-hydroxylation sites is 2. The van der Waals surface area contributed by atoms with E-state index in [2.05, 4.69) is 35.8 Å². The highest BCUT2D eigenvalue weighted by Gasteiger charge is 2.23. The normalized spacial score (nSPS) is 12.7. The van der Waals surface area contributed by atoms with Crippen LogP contribution >= 0.6 is 0 Å². The van der Waals surface area contributed by atoms with Gasteiger partial charge in [-0.25, -0.2) is 9.97 Å². The standard InChI is InChI=1S/C27H36N4O2/c1-5-9-14-19(8-4)17-30-18-22(33-24(32)13-7-3)25-26(30)29-23(12-6-2)31-21-16-11-10-15-20(21)28-27(25)31/h10-11,15-16,18-19H,5-9,12-14,17H2,1-4H3. The predicted octanol–water partition coefficient (Wildman–Crippen LogP) is 6.71. The lowest BCUT2D eigenvalue weighted by Crippen LogP contribution is -2.11. The number of benzene rings is 1. The summed E-state index contributed by atoms with van der Waals surface area (Å²) in [6.07, 6.45) is 9.71. The molecule has 0 saturated heterocycles. The van der Waals surface area contributed by atoms with Crippen molar-refractivity contribution in [2.75, 3.05) is 0 Å². The number of aromatic nitrogens is 4. The lowest BCUT2D eigenvalue weighted by Gasteiger charge is -2.16. The monoisotopic (exact) mass is 448 g/mol. The molecule has 0 aliphatic rings. The molecule has 4 aromatic rings. The fourth-order valence-electron chi connectivity index (χ4n) is 4.66. The Balaban J connectivity index is 1.95. The zero-order chi connectivity index (χ0) is 23.4. The predicted molar refractivity (Wildman–Crippen MR) is 134 cm³/mol. The maximum absolute atomic E-state index is 12.5. The number of rotatable bonds is 11. The van der Waals surface area contributed by atoms with Crippen molar-refractivity contribution in [2.45, 2.75) is 85.6 Å². The average molecular weight is 449 g/mol. The van der Waals surface area contributed by atoms with Crippen LogP contribution in [0.4, 0.5) is 0 Å². The molecular formula is C27H36N4O2. The van der Waals surface area contributed by atoms with Gasteiger partial charge >= 0.3 is 5.97 Å². The van der Waals surface area contributed by atoms with Crippen LogP contribution in [0.25, 0.3) is 27.7 Å². The molecule has 0 spiro atoms. The SMILES string of the molecule is CCCCC(CC)Cn1cc(OC(=O)CCC)c2c1nc(CCC)n1c3ccccc3nc21. The number of unbranched alkanes of at least 4 members (excludes halogenated alkanes) is 1. The van der Waals surface area contributed by atoms with Crippen LogP contribution in [0.3, 0.4) is 0 Å². The summed E-state index contributed by atoms with van der Waals surface area (Å²) >= 11 is 0. The first-order valence-electron chi connectivity index (χ1n) is 12.6. The molecule has 0 saturated carbocycles. The van der Waals surface area contributed by atoms with E-state index in [1.807, 2.05) is 31.3 Å².